The first-order valence-electron chi connectivity index (χ1n) is 6.82. The highest BCUT2D eigenvalue weighted by Crippen LogP contribution is 2.23. The van der Waals surface area contributed by atoms with Crippen LogP contribution < -0.4 is 10.5 Å². The zero-order valence-corrected chi connectivity index (χ0v) is 11.6. The Morgan fingerprint density at radius 1 is 1.10 bits per heavy atom. The number of carbonyl (C=O) groups is 1. The number of para-hydroxylation sites is 2. The summed E-state index contributed by atoms with van der Waals surface area (Å²) < 4.78 is 5.83. The summed E-state index contributed by atoms with van der Waals surface area (Å²) in [6.07, 6.45) is 1.05. The number of hydrogen-bond acceptors (Lipinski definition) is 3. The monoisotopic (exact) mass is 269 g/mol. The van der Waals surface area contributed by atoms with Gasteiger partial charge in [-0.05, 0) is 18.6 Å². The minimum Gasteiger partial charge on any atom is -0.480 e. The van der Waals surface area contributed by atoms with Crippen LogP contribution in [-0.4, -0.2) is 11.9 Å². The van der Waals surface area contributed by atoms with Crippen molar-refractivity contribution < 1.29 is 9.53 Å². The standard InChI is InChI=1S/C17H19NO2/c1-2-8-16(17(19)13-9-4-3-5-10-13)20-15-12-7-6-11-14(15)18/h3-7,9-12,16H,2,8,18H2,1H3. The smallest absolute Gasteiger partial charge is 0.203 e. The van der Waals surface area contributed by atoms with E-state index in [4.69, 9.17) is 10.5 Å². The van der Waals surface area contributed by atoms with E-state index >= 15 is 0 Å². The van der Waals surface area contributed by atoms with Gasteiger partial charge in [-0.1, -0.05) is 55.8 Å². The number of anilines is 1. The Hall–Kier alpha value is -2.29. The van der Waals surface area contributed by atoms with E-state index in [1.807, 2.05) is 49.4 Å². The lowest BCUT2D eigenvalue weighted by atomic mass is 10.0. The molecule has 0 aliphatic rings. The summed E-state index contributed by atoms with van der Waals surface area (Å²) in [6, 6.07) is 16.5. The van der Waals surface area contributed by atoms with E-state index in [9.17, 15) is 4.79 Å². The predicted molar refractivity (Wildman–Crippen MR) is 81.0 cm³/mol. The van der Waals surface area contributed by atoms with Crippen molar-refractivity contribution in [3.63, 3.8) is 0 Å². The Morgan fingerprint density at radius 3 is 2.40 bits per heavy atom. The van der Waals surface area contributed by atoms with Gasteiger partial charge in [0, 0.05) is 5.56 Å². The third-order valence-electron chi connectivity index (χ3n) is 3.09. The molecule has 3 nitrogen and oxygen atoms in total. The maximum atomic E-state index is 12.5. The summed E-state index contributed by atoms with van der Waals surface area (Å²) >= 11 is 0. The highest BCUT2D eigenvalue weighted by atomic mass is 16.5. The van der Waals surface area contributed by atoms with Gasteiger partial charge in [-0.2, -0.15) is 0 Å². The van der Waals surface area contributed by atoms with Crippen LogP contribution in [0, 0.1) is 0 Å². The molecule has 0 amide bonds. The van der Waals surface area contributed by atoms with E-state index in [0.29, 0.717) is 23.4 Å². The lowest BCUT2D eigenvalue weighted by Crippen LogP contribution is -2.27. The number of rotatable bonds is 6. The molecule has 2 N–H and O–H groups in total. The zero-order chi connectivity index (χ0) is 14.4. The molecule has 20 heavy (non-hydrogen) atoms. The molecule has 0 aliphatic heterocycles. The molecule has 2 aromatic rings. The molecular formula is C17H19NO2. The highest BCUT2D eigenvalue weighted by Gasteiger charge is 2.21. The van der Waals surface area contributed by atoms with E-state index in [1.54, 1.807) is 12.1 Å². The zero-order valence-electron chi connectivity index (χ0n) is 11.6. The summed E-state index contributed by atoms with van der Waals surface area (Å²) in [6.45, 7) is 2.03. The second kappa shape index (κ2) is 6.75. The van der Waals surface area contributed by atoms with Crippen molar-refractivity contribution in [3.8, 4) is 5.75 Å². The number of ketones is 1. The molecule has 0 saturated carbocycles. The largest absolute Gasteiger partial charge is 0.480 e. The maximum Gasteiger partial charge on any atom is 0.203 e. The molecule has 0 heterocycles. The predicted octanol–water partition coefficient (Wildman–Crippen LogP) is 3.70. The molecule has 0 fully saturated rings. The van der Waals surface area contributed by atoms with Crippen LogP contribution in [0.4, 0.5) is 5.69 Å². The molecule has 3 heteroatoms. The van der Waals surface area contributed by atoms with Crippen molar-refractivity contribution >= 4 is 11.5 Å². The average Bonchev–Trinajstić information content (AvgIpc) is 2.49. The molecular weight excluding hydrogens is 250 g/mol. The Morgan fingerprint density at radius 2 is 1.75 bits per heavy atom. The van der Waals surface area contributed by atoms with E-state index in [-0.39, 0.29) is 5.78 Å². The van der Waals surface area contributed by atoms with Crippen LogP contribution in [0.2, 0.25) is 0 Å². The maximum absolute atomic E-state index is 12.5. The molecule has 0 bridgehead atoms. The quantitative estimate of drug-likeness (QED) is 0.642. The summed E-state index contributed by atoms with van der Waals surface area (Å²) in [4.78, 5) is 12.5. The molecule has 0 spiro atoms. The lowest BCUT2D eigenvalue weighted by molar-refractivity contribution is 0.0779. The lowest BCUT2D eigenvalue weighted by Gasteiger charge is -2.18. The molecule has 0 aliphatic carbocycles. The van der Waals surface area contributed by atoms with Crippen molar-refractivity contribution in [1.82, 2.24) is 0 Å². The van der Waals surface area contributed by atoms with Crippen LogP contribution in [0.5, 0.6) is 5.75 Å². The minimum absolute atomic E-state index is 0.00398. The fourth-order valence-corrected chi connectivity index (χ4v) is 2.04. The Kier molecular flexibility index (Phi) is 4.77. The van der Waals surface area contributed by atoms with Crippen LogP contribution in [0.15, 0.2) is 54.6 Å². The van der Waals surface area contributed by atoms with E-state index in [0.717, 1.165) is 6.42 Å². The van der Waals surface area contributed by atoms with Gasteiger partial charge in [0.05, 0.1) is 5.69 Å². The topological polar surface area (TPSA) is 52.3 Å². The highest BCUT2D eigenvalue weighted by molar-refractivity contribution is 5.99. The second-order valence-electron chi connectivity index (χ2n) is 4.66. The molecule has 2 rings (SSSR count). The molecule has 104 valence electrons. The minimum atomic E-state index is -0.493. The number of carbonyl (C=O) groups excluding carboxylic acids is 1. The van der Waals surface area contributed by atoms with Crippen LogP contribution in [0.3, 0.4) is 0 Å². The molecule has 2 aromatic carbocycles. The van der Waals surface area contributed by atoms with Crippen LogP contribution in [-0.2, 0) is 0 Å². The van der Waals surface area contributed by atoms with Crippen LogP contribution in [0.25, 0.3) is 0 Å². The number of Topliss-reactive ketones (excluding diaryl/α,β-unsaturated/α-hetero) is 1. The summed E-state index contributed by atoms with van der Waals surface area (Å²) in [5, 5.41) is 0. The van der Waals surface area contributed by atoms with Gasteiger partial charge in [-0.15, -0.1) is 0 Å². The van der Waals surface area contributed by atoms with E-state index in [2.05, 4.69) is 0 Å². The number of ether oxygens (including phenoxy) is 1. The SMILES string of the molecule is CCCC(Oc1ccccc1N)C(=O)c1ccccc1. The van der Waals surface area contributed by atoms with Gasteiger partial charge in [0.1, 0.15) is 5.75 Å². The van der Waals surface area contributed by atoms with Crippen LogP contribution >= 0.6 is 0 Å². The molecule has 0 radical (unpaired) electrons. The summed E-state index contributed by atoms with van der Waals surface area (Å²) in [5.74, 6) is 0.561. The van der Waals surface area contributed by atoms with E-state index in [1.165, 1.54) is 0 Å². The van der Waals surface area contributed by atoms with Crippen molar-refractivity contribution in [2.24, 2.45) is 0 Å². The first kappa shape index (κ1) is 14.1. The van der Waals surface area contributed by atoms with Gasteiger partial charge in [0.25, 0.3) is 0 Å². The average molecular weight is 269 g/mol. The molecule has 1 atom stereocenters. The summed E-state index contributed by atoms with van der Waals surface area (Å²) in [5.41, 5.74) is 7.09. The second-order valence-corrected chi connectivity index (χ2v) is 4.66. The number of hydrogen-bond donors (Lipinski definition) is 1. The Bertz CT molecular complexity index is 566. The first-order valence-corrected chi connectivity index (χ1v) is 6.82. The normalized spacial score (nSPS) is 11.8. The van der Waals surface area contributed by atoms with Gasteiger partial charge in [-0.25, -0.2) is 0 Å². The van der Waals surface area contributed by atoms with Crippen LogP contribution in [0.1, 0.15) is 30.1 Å². The first-order chi connectivity index (χ1) is 9.72. The van der Waals surface area contributed by atoms with Crippen molar-refractivity contribution in [3.05, 3.63) is 60.2 Å². The molecule has 1 unspecified atom stereocenters. The summed E-state index contributed by atoms with van der Waals surface area (Å²) in [7, 11) is 0. The molecule has 0 saturated heterocycles. The third kappa shape index (κ3) is 3.38. The van der Waals surface area contributed by atoms with Gasteiger partial charge in [-0.3, -0.25) is 4.79 Å². The van der Waals surface area contributed by atoms with Crippen molar-refractivity contribution in [2.45, 2.75) is 25.9 Å². The van der Waals surface area contributed by atoms with Crippen molar-refractivity contribution in [2.75, 3.05) is 5.73 Å². The fourth-order valence-electron chi connectivity index (χ4n) is 2.04. The van der Waals surface area contributed by atoms with E-state index < -0.39 is 6.10 Å². The van der Waals surface area contributed by atoms with Gasteiger partial charge in [0.2, 0.25) is 5.78 Å². The van der Waals surface area contributed by atoms with Gasteiger partial charge in [0.15, 0.2) is 6.10 Å². The Labute approximate surface area is 119 Å². The Balaban J connectivity index is 2.19. The van der Waals surface area contributed by atoms with Crippen molar-refractivity contribution in [1.29, 1.82) is 0 Å². The fraction of sp³-hybridized carbons (Fsp3) is 0.235. The third-order valence-corrected chi connectivity index (χ3v) is 3.09. The molecule has 0 aromatic heterocycles. The van der Waals surface area contributed by atoms with Gasteiger partial charge < -0.3 is 10.5 Å². The number of nitrogen functional groups attached to an aromatic ring is 1. The number of nitrogens with two attached hydrogens (primary N) is 1. The number of benzene rings is 2. The van der Waals surface area contributed by atoms with Gasteiger partial charge >= 0.3 is 0 Å².